The van der Waals surface area contributed by atoms with Gasteiger partial charge < -0.3 is 9.52 Å². The van der Waals surface area contributed by atoms with Crippen LogP contribution in [0.4, 0.5) is 5.88 Å². The van der Waals surface area contributed by atoms with Crippen LogP contribution < -0.4 is 4.90 Å². The van der Waals surface area contributed by atoms with Crippen LogP contribution in [0.3, 0.4) is 0 Å². The Morgan fingerprint density at radius 1 is 1.82 bits per heavy atom. The molecule has 0 fully saturated rings. The fourth-order valence-corrected chi connectivity index (χ4v) is 0.748. The Bertz CT molecular complexity index is 230. The van der Waals surface area contributed by atoms with Gasteiger partial charge in [0.25, 0.3) is 0 Å². The number of furan rings is 1. The Morgan fingerprint density at radius 2 is 2.55 bits per heavy atom. The Labute approximate surface area is 64.0 Å². The molecule has 0 aliphatic rings. The van der Waals surface area contributed by atoms with Crippen LogP contribution in [0.2, 0.25) is 0 Å². The number of aliphatic hydroxyl groups excluding tert-OH is 1. The van der Waals surface area contributed by atoms with Crippen molar-refractivity contribution in [3.63, 3.8) is 0 Å². The van der Waals surface area contributed by atoms with Crippen molar-refractivity contribution in [1.82, 2.24) is 0 Å². The van der Waals surface area contributed by atoms with E-state index in [1.165, 1.54) is 13.2 Å². The number of aliphatic hydroxyl groups is 1. The molecular formula is C7H9NO3. The Balaban J connectivity index is 2.79. The van der Waals surface area contributed by atoms with Crippen molar-refractivity contribution in [2.24, 2.45) is 0 Å². The second kappa shape index (κ2) is 3.21. The first kappa shape index (κ1) is 7.81. The van der Waals surface area contributed by atoms with E-state index in [-0.39, 0.29) is 12.6 Å². The zero-order valence-corrected chi connectivity index (χ0v) is 6.15. The predicted octanol–water partition coefficient (Wildman–Crippen LogP) is 0.582. The van der Waals surface area contributed by atoms with Gasteiger partial charge in [0, 0.05) is 13.0 Å². The molecule has 0 atom stereocenters. The standard InChI is InChI=1S/C7H9NO3/c1-6(10)8(5-9)7-3-2-4-11-7/h2-4,9H,5H2,1H3. The van der Waals surface area contributed by atoms with Crippen molar-refractivity contribution in [3.05, 3.63) is 18.4 Å². The monoisotopic (exact) mass is 155 g/mol. The quantitative estimate of drug-likeness (QED) is 0.635. The maximum absolute atomic E-state index is 10.8. The molecule has 1 heterocycles. The number of carbonyl (C=O) groups excluding carboxylic acids is 1. The summed E-state index contributed by atoms with van der Waals surface area (Å²) in [4.78, 5) is 11.9. The van der Waals surface area contributed by atoms with Gasteiger partial charge in [-0.15, -0.1) is 0 Å². The van der Waals surface area contributed by atoms with Gasteiger partial charge in [0.1, 0.15) is 6.73 Å². The highest BCUT2D eigenvalue weighted by Gasteiger charge is 2.11. The number of nitrogens with zero attached hydrogens (tertiary/aromatic N) is 1. The lowest BCUT2D eigenvalue weighted by atomic mass is 10.5. The average molecular weight is 155 g/mol. The van der Waals surface area contributed by atoms with E-state index in [4.69, 9.17) is 9.52 Å². The van der Waals surface area contributed by atoms with E-state index in [0.717, 1.165) is 4.90 Å². The Kier molecular flexibility index (Phi) is 2.28. The van der Waals surface area contributed by atoms with E-state index in [9.17, 15) is 4.79 Å². The average Bonchev–Trinajstić information content (AvgIpc) is 2.40. The minimum atomic E-state index is -0.358. The summed E-state index contributed by atoms with van der Waals surface area (Å²) in [5.41, 5.74) is 0. The summed E-state index contributed by atoms with van der Waals surface area (Å²) in [5.74, 6) is 0.113. The summed E-state index contributed by atoms with van der Waals surface area (Å²) in [7, 11) is 0. The van der Waals surface area contributed by atoms with Crippen LogP contribution in [0.1, 0.15) is 6.92 Å². The summed E-state index contributed by atoms with van der Waals surface area (Å²) in [6.07, 6.45) is 1.45. The largest absolute Gasteiger partial charge is 0.448 e. The van der Waals surface area contributed by atoms with Crippen molar-refractivity contribution in [3.8, 4) is 0 Å². The molecule has 1 aromatic heterocycles. The number of rotatable bonds is 2. The molecule has 1 N–H and O–H groups in total. The van der Waals surface area contributed by atoms with Crippen LogP contribution in [0.25, 0.3) is 0 Å². The van der Waals surface area contributed by atoms with Crippen LogP contribution in [0.15, 0.2) is 22.8 Å². The highest BCUT2D eigenvalue weighted by Crippen LogP contribution is 2.13. The normalized spacial score (nSPS) is 9.64. The molecule has 11 heavy (non-hydrogen) atoms. The number of hydrogen-bond acceptors (Lipinski definition) is 3. The number of amides is 1. The van der Waals surface area contributed by atoms with Crippen LogP contribution in [-0.2, 0) is 4.79 Å². The van der Waals surface area contributed by atoms with Gasteiger partial charge in [0.15, 0.2) is 0 Å². The van der Waals surface area contributed by atoms with Gasteiger partial charge in [-0.1, -0.05) is 0 Å². The molecule has 0 saturated heterocycles. The third kappa shape index (κ3) is 1.59. The van der Waals surface area contributed by atoms with Gasteiger partial charge in [0.2, 0.25) is 11.8 Å². The maximum Gasteiger partial charge on any atom is 0.228 e. The molecule has 0 bridgehead atoms. The van der Waals surface area contributed by atoms with Gasteiger partial charge in [-0.3, -0.25) is 9.69 Å². The first-order valence-electron chi connectivity index (χ1n) is 3.18. The molecule has 0 spiro atoms. The summed E-state index contributed by atoms with van der Waals surface area (Å²) in [5, 5.41) is 8.71. The molecule has 4 nitrogen and oxygen atoms in total. The molecule has 1 aromatic rings. The van der Waals surface area contributed by atoms with E-state index < -0.39 is 0 Å². The number of carbonyl (C=O) groups is 1. The highest BCUT2D eigenvalue weighted by molar-refractivity contribution is 5.89. The first-order valence-corrected chi connectivity index (χ1v) is 3.18. The fraction of sp³-hybridized carbons (Fsp3) is 0.286. The molecule has 0 unspecified atom stereocenters. The van der Waals surface area contributed by atoms with Crippen molar-refractivity contribution in [1.29, 1.82) is 0 Å². The van der Waals surface area contributed by atoms with E-state index in [1.807, 2.05) is 0 Å². The lowest BCUT2D eigenvalue weighted by Gasteiger charge is -2.13. The fourth-order valence-electron chi connectivity index (χ4n) is 0.748. The summed E-state index contributed by atoms with van der Waals surface area (Å²) in [6.45, 7) is 1.00. The van der Waals surface area contributed by atoms with Crippen LogP contribution >= 0.6 is 0 Å². The molecule has 4 heteroatoms. The molecule has 0 radical (unpaired) electrons. The molecule has 1 amide bonds. The lowest BCUT2D eigenvalue weighted by Crippen LogP contribution is -2.28. The van der Waals surface area contributed by atoms with E-state index in [1.54, 1.807) is 12.1 Å². The molecule has 0 aromatic carbocycles. The zero-order valence-electron chi connectivity index (χ0n) is 6.15. The van der Waals surface area contributed by atoms with Crippen LogP contribution in [-0.4, -0.2) is 17.7 Å². The molecular weight excluding hydrogens is 146 g/mol. The summed E-state index contributed by atoms with van der Waals surface area (Å²) in [6, 6.07) is 3.26. The van der Waals surface area contributed by atoms with Crippen LogP contribution in [0, 0.1) is 0 Å². The van der Waals surface area contributed by atoms with Gasteiger partial charge in [-0.05, 0) is 6.07 Å². The second-order valence-electron chi connectivity index (χ2n) is 2.04. The van der Waals surface area contributed by atoms with Crippen molar-refractivity contribution in [2.45, 2.75) is 6.92 Å². The van der Waals surface area contributed by atoms with E-state index in [0.29, 0.717) is 5.88 Å². The summed E-state index contributed by atoms with van der Waals surface area (Å²) >= 11 is 0. The Hall–Kier alpha value is -1.29. The minimum Gasteiger partial charge on any atom is -0.448 e. The van der Waals surface area contributed by atoms with Crippen molar-refractivity contribution < 1.29 is 14.3 Å². The van der Waals surface area contributed by atoms with E-state index >= 15 is 0 Å². The molecule has 60 valence electrons. The highest BCUT2D eigenvalue weighted by atomic mass is 16.4. The summed E-state index contributed by atoms with van der Waals surface area (Å²) < 4.78 is 4.89. The second-order valence-corrected chi connectivity index (χ2v) is 2.04. The topological polar surface area (TPSA) is 53.7 Å². The third-order valence-corrected chi connectivity index (χ3v) is 1.29. The van der Waals surface area contributed by atoms with Gasteiger partial charge >= 0.3 is 0 Å². The molecule has 0 aliphatic carbocycles. The molecule has 1 rings (SSSR count). The lowest BCUT2D eigenvalue weighted by molar-refractivity contribution is -0.117. The van der Waals surface area contributed by atoms with Crippen molar-refractivity contribution in [2.75, 3.05) is 11.6 Å². The van der Waals surface area contributed by atoms with Gasteiger partial charge in [-0.25, -0.2) is 0 Å². The maximum atomic E-state index is 10.8. The number of anilines is 1. The van der Waals surface area contributed by atoms with Gasteiger partial charge in [0.05, 0.1) is 6.26 Å². The molecule has 0 aliphatic heterocycles. The minimum absolute atomic E-state index is 0.248. The first-order chi connectivity index (χ1) is 5.25. The predicted molar refractivity (Wildman–Crippen MR) is 39.0 cm³/mol. The molecule has 0 saturated carbocycles. The van der Waals surface area contributed by atoms with Gasteiger partial charge in [-0.2, -0.15) is 0 Å². The SMILES string of the molecule is CC(=O)N(CO)c1ccco1. The van der Waals surface area contributed by atoms with Crippen LogP contribution in [0.5, 0.6) is 0 Å². The smallest absolute Gasteiger partial charge is 0.228 e. The zero-order chi connectivity index (χ0) is 8.27. The third-order valence-electron chi connectivity index (χ3n) is 1.29. The Morgan fingerprint density at radius 3 is 2.91 bits per heavy atom. The van der Waals surface area contributed by atoms with E-state index in [2.05, 4.69) is 0 Å². The number of hydrogen-bond donors (Lipinski definition) is 1. The van der Waals surface area contributed by atoms with Crippen molar-refractivity contribution >= 4 is 11.8 Å².